The summed E-state index contributed by atoms with van der Waals surface area (Å²) in [5, 5.41) is 0.836. The number of allylic oxidation sites excluding steroid dienone is 1. The number of hydrogen-bond acceptors (Lipinski definition) is 5. The molecule has 0 saturated heterocycles. The van der Waals surface area contributed by atoms with Gasteiger partial charge in [0.1, 0.15) is 23.0 Å². The molecule has 5 nitrogen and oxygen atoms in total. The van der Waals surface area contributed by atoms with Crippen LogP contribution in [0.1, 0.15) is 45.7 Å². The normalized spacial score (nSPS) is 16.3. The van der Waals surface area contributed by atoms with Crippen molar-refractivity contribution in [2.24, 2.45) is 0 Å². The molecule has 1 unspecified atom stereocenters. The van der Waals surface area contributed by atoms with E-state index in [0.29, 0.717) is 23.3 Å². The summed E-state index contributed by atoms with van der Waals surface area (Å²) in [5.41, 5.74) is 0.424. The zero-order valence-corrected chi connectivity index (χ0v) is 22.0. The molecule has 1 aromatic heterocycles. The van der Waals surface area contributed by atoms with Gasteiger partial charge in [0.25, 0.3) is 0 Å². The van der Waals surface area contributed by atoms with Crippen molar-refractivity contribution in [3.63, 3.8) is 0 Å². The molecule has 0 aliphatic carbocycles. The summed E-state index contributed by atoms with van der Waals surface area (Å²) in [6, 6.07) is 5.56. The first-order valence-electron chi connectivity index (χ1n) is 8.64. The van der Waals surface area contributed by atoms with Crippen molar-refractivity contribution >= 4 is 44.2 Å². The van der Waals surface area contributed by atoms with Crippen molar-refractivity contribution < 1.29 is 18.7 Å². The average molecular weight is 566 g/mol. The monoisotopic (exact) mass is 566 g/mol. The van der Waals surface area contributed by atoms with Gasteiger partial charge in [-0.3, -0.25) is 4.79 Å². The summed E-state index contributed by atoms with van der Waals surface area (Å²) >= 11 is 0. The van der Waals surface area contributed by atoms with Crippen LogP contribution in [0.4, 0.5) is 0 Å². The third-order valence-electron chi connectivity index (χ3n) is 4.98. The fraction of sp³-hybridized carbons (Fsp3) is 0.429. The predicted octanol–water partition coefficient (Wildman–Crippen LogP) is 2.99. The molecule has 2 aromatic rings. The number of esters is 1. The Balaban J connectivity index is 0.00000261. The van der Waals surface area contributed by atoms with E-state index in [1.165, 1.54) is 6.92 Å². The Morgan fingerprint density at radius 1 is 1.26 bits per heavy atom. The van der Waals surface area contributed by atoms with E-state index in [1.54, 1.807) is 12.1 Å². The van der Waals surface area contributed by atoms with Crippen molar-refractivity contribution in [1.29, 1.82) is 0 Å². The molecule has 0 N–H and O–H groups in total. The van der Waals surface area contributed by atoms with Crippen molar-refractivity contribution in [3.8, 4) is 5.75 Å². The average Bonchev–Trinajstić information content (AvgIpc) is 2.94. The van der Waals surface area contributed by atoms with Gasteiger partial charge in [0, 0.05) is 35.8 Å². The van der Waals surface area contributed by atoms with Crippen LogP contribution in [-0.2, 0) is 21.4 Å². The molecule has 0 saturated carbocycles. The van der Waals surface area contributed by atoms with Crippen LogP contribution in [0.25, 0.3) is 11.0 Å². The molecule has 0 bridgehead atoms. The molecule has 0 fully saturated rings. The second-order valence-electron chi connectivity index (χ2n) is 7.88. The predicted molar refractivity (Wildman–Crippen MR) is 108 cm³/mol. The van der Waals surface area contributed by atoms with Gasteiger partial charge < -0.3 is 13.9 Å². The van der Waals surface area contributed by atoms with Gasteiger partial charge in [-0.05, 0) is 31.5 Å². The summed E-state index contributed by atoms with van der Waals surface area (Å²) in [6.45, 7) is 12.7. The Morgan fingerprint density at radius 3 is 2.52 bits per heavy atom. The maximum absolute atomic E-state index is 12.4. The first-order valence-corrected chi connectivity index (χ1v) is 8.64. The van der Waals surface area contributed by atoms with Crippen LogP contribution >= 0.6 is 0 Å². The van der Waals surface area contributed by atoms with Gasteiger partial charge in [0.2, 0.25) is 0 Å². The molecule has 1 aliphatic heterocycles. The van der Waals surface area contributed by atoms with Crippen molar-refractivity contribution in [3.05, 3.63) is 52.4 Å². The van der Waals surface area contributed by atoms with Gasteiger partial charge in [-0.25, -0.2) is 4.79 Å². The van der Waals surface area contributed by atoms with E-state index in [4.69, 9.17) is 13.9 Å². The molecule has 1 aliphatic rings. The minimum absolute atomic E-state index is 0. The molecule has 2 radical (unpaired) electrons. The maximum atomic E-state index is 12.4. The van der Waals surface area contributed by atoms with Gasteiger partial charge >= 0.3 is 38.9 Å². The Bertz CT molecular complexity index is 955. The van der Waals surface area contributed by atoms with Gasteiger partial charge in [-0.1, -0.05) is 19.9 Å². The summed E-state index contributed by atoms with van der Waals surface area (Å²) in [5.74, 6) is 0.309. The molecule has 144 valence electrons. The summed E-state index contributed by atoms with van der Waals surface area (Å²) in [7, 11) is 0. The molecule has 2 heterocycles. The molecule has 0 spiro atoms. The molecule has 1 atom stereocenters. The van der Waals surface area contributed by atoms with Crippen molar-refractivity contribution in [2.45, 2.75) is 58.2 Å². The second-order valence-corrected chi connectivity index (χ2v) is 7.88. The summed E-state index contributed by atoms with van der Waals surface area (Å²) in [4.78, 5) is 23.7. The topological polar surface area (TPSA) is 65.7 Å². The van der Waals surface area contributed by atoms with E-state index in [2.05, 4.69) is 6.58 Å². The molecule has 3 rings (SSSR count). The van der Waals surface area contributed by atoms with E-state index < -0.39 is 11.0 Å². The first kappa shape index (κ1) is 21.7. The summed E-state index contributed by atoms with van der Waals surface area (Å²) < 4.78 is 16.9. The number of ether oxygens (including phenoxy) is 2. The minimum atomic E-state index is -0.756. The molecule has 0 amide bonds. The van der Waals surface area contributed by atoms with E-state index in [9.17, 15) is 9.59 Å². The van der Waals surface area contributed by atoms with Crippen LogP contribution in [0.3, 0.4) is 0 Å². The number of fused-ring (bicyclic) bond motifs is 2. The van der Waals surface area contributed by atoms with E-state index in [0.717, 1.165) is 10.9 Å². The van der Waals surface area contributed by atoms with E-state index in [1.807, 2.05) is 39.8 Å². The third-order valence-corrected chi connectivity index (χ3v) is 4.98. The van der Waals surface area contributed by atoms with Gasteiger partial charge in [0.05, 0.1) is 0 Å². The van der Waals surface area contributed by atoms with Crippen molar-refractivity contribution in [1.82, 2.24) is 0 Å². The molecule has 27 heavy (non-hydrogen) atoms. The number of carbonyl (C=O) groups is 1. The number of rotatable bonds is 4. The Hall–Kier alpha value is -1.64. The zero-order valence-electron chi connectivity index (χ0n) is 16.5. The first-order chi connectivity index (χ1) is 12.0. The van der Waals surface area contributed by atoms with Crippen LogP contribution in [0.2, 0.25) is 0 Å². The third kappa shape index (κ3) is 4.12. The van der Waals surface area contributed by atoms with Crippen molar-refractivity contribution in [2.75, 3.05) is 0 Å². The number of hydrogen-bond donors (Lipinski definition) is 0. The SMILES string of the molecule is C=CC(C)(C)c1cc2cc3c(cc2oc1=O)OC(C(C)(C)OC(C)=O)C3.[PbH2]. The van der Waals surface area contributed by atoms with Crippen LogP contribution < -0.4 is 10.4 Å². The van der Waals surface area contributed by atoms with Crippen LogP contribution in [-0.4, -0.2) is 45.0 Å². The van der Waals surface area contributed by atoms with Crippen LogP contribution in [0, 0.1) is 0 Å². The Labute approximate surface area is 178 Å². The molecule has 1 aromatic carbocycles. The fourth-order valence-electron chi connectivity index (χ4n) is 3.24. The zero-order chi connectivity index (χ0) is 19.3. The van der Waals surface area contributed by atoms with E-state index >= 15 is 0 Å². The van der Waals surface area contributed by atoms with Crippen LogP contribution in [0.5, 0.6) is 5.75 Å². The fourth-order valence-corrected chi connectivity index (χ4v) is 3.24. The quantitative estimate of drug-likeness (QED) is 0.247. The van der Waals surface area contributed by atoms with Crippen LogP contribution in [0.15, 0.2) is 40.1 Å². The molecular formula is C21H26O5Pb. The Kier molecular flexibility index (Phi) is 5.94. The van der Waals surface area contributed by atoms with Gasteiger partial charge in [-0.15, -0.1) is 6.58 Å². The van der Waals surface area contributed by atoms with E-state index in [-0.39, 0.29) is 45.0 Å². The molecule has 6 heteroatoms. The second kappa shape index (κ2) is 7.41. The summed E-state index contributed by atoms with van der Waals surface area (Å²) in [6.07, 6.45) is 2.05. The number of benzene rings is 1. The van der Waals surface area contributed by atoms with Gasteiger partial charge in [-0.2, -0.15) is 0 Å². The number of carbonyl (C=O) groups excluding carboxylic acids is 1. The standard InChI is InChI=1S/C21H24O5.Pb.2H/c1-7-20(3,4)15-9-13-8-14-10-18(21(5,6)26-12(2)22)24-16(14)11-17(13)25-19(15)23;;;/h7-9,11,18H,1,10H2,2-6H3;;;. The van der Waals surface area contributed by atoms with Gasteiger partial charge in [0.15, 0.2) is 0 Å². The Morgan fingerprint density at radius 2 is 1.93 bits per heavy atom. The molecular weight excluding hydrogens is 539 g/mol.